The standard InChI is InChI=1S/C21H23Cl2N5O2/c1-20(2,3)30-19(29)27-6-4-21(11-27)5-7-28-17(21)15(23)16(26-28)12-8-13-14(22)10-25-18(13)24-9-12/h8-10H,4-7,11H2,1-3H3,(H,24,25). The first kappa shape index (κ1) is 19.7. The number of nitrogens with one attached hydrogen (secondary N) is 1. The minimum atomic E-state index is -0.514. The second-order valence-electron chi connectivity index (χ2n) is 9.17. The molecule has 3 aromatic rings. The number of pyridine rings is 1. The Labute approximate surface area is 184 Å². The third kappa shape index (κ3) is 3.06. The third-order valence-electron chi connectivity index (χ3n) is 5.96. The number of aromatic nitrogens is 4. The predicted octanol–water partition coefficient (Wildman–Crippen LogP) is 5.02. The normalized spacial score (nSPS) is 21.0. The number of rotatable bonds is 1. The Morgan fingerprint density at radius 2 is 2.03 bits per heavy atom. The Bertz CT molecular complexity index is 1160. The lowest BCUT2D eigenvalue weighted by atomic mass is 9.82. The molecule has 2 aliphatic heterocycles. The van der Waals surface area contributed by atoms with E-state index in [1.807, 2.05) is 31.5 Å². The number of likely N-dealkylation sites (tertiary alicyclic amines) is 1. The van der Waals surface area contributed by atoms with Gasteiger partial charge in [0.15, 0.2) is 0 Å². The monoisotopic (exact) mass is 447 g/mol. The number of amides is 1. The molecule has 5 rings (SSSR count). The van der Waals surface area contributed by atoms with Gasteiger partial charge >= 0.3 is 6.09 Å². The molecule has 2 aliphatic rings. The number of halogens is 2. The van der Waals surface area contributed by atoms with Crippen molar-refractivity contribution < 1.29 is 9.53 Å². The van der Waals surface area contributed by atoms with Crippen LogP contribution < -0.4 is 0 Å². The van der Waals surface area contributed by atoms with E-state index in [1.165, 1.54) is 0 Å². The number of nitrogens with zero attached hydrogens (tertiary/aromatic N) is 4. The van der Waals surface area contributed by atoms with Gasteiger partial charge in [-0.15, -0.1) is 0 Å². The van der Waals surface area contributed by atoms with Gasteiger partial charge in [-0.25, -0.2) is 9.78 Å². The molecule has 7 nitrogen and oxygen atoms in total. The summed E-state index contributed by atoms with van der Waals surface area (Å²) in [5.41, 5.74) is 2.56. The molecule has 30 heavy (non-hydrogen) atoms. The molecule has 3 aromatic heterocycles. The molecule has 5 heterocycles. The molecule has 0 aromatic carbocycles. The molecule has 0 radical (unpaired) electrons. The molecular formula is C21H23Cl2N5O2. The van der Waals surface area contributed by atoms with Crippen LogP contribution in [0.4, 0.5) is 4.79 Å². The van der Waals surface area contributed by atoms with Crippen LogP contribution >= 0.6 is 23.2 Å². The molecule has 1 N–H and O–H groups in total. The topological polar surface area (TPSA) is 76.0 Å². The molecule has 0 saturated carbocycles. The van der Waals surface area contributed by atoms with Crippen molar-refractivity contribution in [3.63, 3.8) is 0 Å². The summed E-state index contributed by atoms with van der Waals surface area (Å²) in [6.07, 6.45) is 4.96. The first-order chi connectivity index (χ1) is 14.2. The molecule has 158 valence electrons. The minimum Gasteiger partial charge on any atom is -0.444 e. The van der Waals surface area contributed by atoms with Crippen molar-refractivity contribution in [2.75, 3.05) is 13.1 Å². The number of hydrogen-bond acceptors (Lipinski definition) is 4. The Morgan fingerprint density at radius 3 is 2.80 bits per heavy atom. The predicted molar refractivity (Wildman–Crippen MR) is 116 cm³/mol. The fourth-order valence-electron chi connectivity index (χ4n) is 4.58. The average molecular weight is 448 g/mol. The summed E-state index contributed by atoms with van der Waals surface area (Å²) in [6.45, 7) is 7.66. The first-order valence-electron chi connectivity index (χ1n) is 10.0. The fourth-order valence-corrected chi connectivity index (χ4v) is 5.23. The summed E-state index contributed by atoms with van der Waals surface area (Å²) in [5.74, 6) is 0. The zero-order valence-corrected chi connectivity index (χ0v) is 18.6. The van der Waals surface area contributed by atoms with Crippen LogP contribution in [0.2, 0.25) is 10.0 Å². The Kier molecular flexibility index (Phi) is 4.35. The van der Waals surface area contributed by atoms with Gasteiger partial charge in [0.05, 0.1) is 15.7 Å². The van der Waals surface area contributed by atoms with Gasteiger partial charge in [-0.2, -0.15) is 5.10 Å². The Balaban J connectivity index is 1.48. The number of aryl methyl sites for hydroxylation is 1. The number of hydrogen-bond donors (Lipinski definition) is 1. The molecule has 0 bridgehead atoms. The van der Waals surface area contributed by atoms with Gasteiger partial charge in [0.1, 0.15) is 16.9 Å². The van der Waals surface area contributed by atoms with Crippen molar-refractivity contribution in [1.82, 2.24) is 24.6 Å². The quantitative estimate of drug-likeness (QED) is 0.568. The van der Waals surface area contributed by atoms with E-state index < -0.39 is 5.60 Å². The van der Waals surface area contributed by atoms with Crippen LogP contribution in [0, 0.1) is 0 Å². The van der Waals surface area contributed by atoms with Crippen LogP contribution in [0.25, 0.3) is 22.3 Å². The lowest BCUT2D eigenvalue weighted by Gasteiger charge is -2.26. The molecule has 9 heteroatoms. The van der Waals surface area contributed by atoms with Crippen LogP contribution in [-0.4, -0.2) is 49.4 Å². The molecular weight excluding hydrogens is 425 g/mol. The van der Waals surface area contributed by atoms with Gasteiger partial charge in [-0.3, -0.25) is 4.68 Å². The number of aromatic amines is 1. The van der Waals surface area contributed by atoms with E-state index in [4.69, 9.17) is 33.0 Å². The van der Waals surface area contributed by atoms with Crippen molar-refractivity contribution >= 4 is 40.3 Å². The summed E-state index contributed by atoms with van der Waals surface area (Å²) in [5, 5.41) is 6.87. The van der Waals surface area contributed by atoms with Crippen LogP contribution in [-0.2, 0) is 16.7 Å². The van der Waals surface area contributed by atoms with Gasteiger partial charge < -0.3 is 14.6 Å². The largest absolute Gasteiger partial charge is 0.444 e. The number of fused-ring (bicyclic) bond motifs is 3. The fraction of sp³-hybridized carbons (Fsp3) is 0.476. The van der Waals surface area contributed by atoms with E-state index in [2.05, 4.69) is 9.97 Å². The maximum atomic E-state index is 12.6. The van der Waals surface area contributed by atoms with E-state index in [9.17, 15) is 4.79 Å². The smallest absolute Gasteiger partial charge is 0.410 e. The van der Waals surface area contributed by atoms with E-state index in [0.29, 0.717) is 28.8 Å². The van der Waals surface area contributed by atoms with Gasteiger partial charge in [0, 0.05) is 48.4 Å². The van der Waals surface area contributed by atoms with Crippen LogP contribution in [0.3, 0.4) is 0 Å². The molecule has 1 saturated heterocycles. The van der Waals surface area contributed by atoms with Gasteiger partial charge in [-0.1, -0.05) is 23.2 Å². The molecule has 1 unspecified atom stereocenters. The summed E-state index contributed by atoms with van der Waals surface area (Å²) in [7, 11) is 0. The highest BCUT2D eigenvalue weighted by Crippen LogP contribution is 2.48. The average Bonchev–Trinajstić information content (AvgIpc) is 3.42. The number of carbonyl (C=O) groups is 1. The molecule has 1 fully saturated rings. The summed E-state index contributed by atoms with van der Waals surface area (Å²) < 4.78 is 7.55. The van der Waals surface area contributed by atoms with Gasteiger partial charge in [0.2, 0.25) is 0 Å². The number of carbonyl (C=O) groups excluding carboxylic acids is 1. The van der Waals surface area contributed by atoms with Crippen LogP contribution in [0.1, 0.15) is 39.3 Å². The van der Waals surface area contributed by atoms with Crippen molar-refractivity contribution in [1.29, 1.82) is 0 Å². The minimum absolute atomic E-state index is 0.192. The zero-order valence-electron chi connectivity index (χ0n) is 17.1. The number of H-pyrrole nitrogens is 1. The molecule has 0 aliphatic carbocycles. The highest BCUT2D eigenvalue weighted by Gasteiger charge is 2.49. The molecule has 1 atom stereocenters. The number of ether oxygens (including phenoxy) is 1. The first-order valence-corrected chi connectivity index (χ1v) is 10.8. The van der Waals surface area contributed by atoms with Gasteiger partial charge in [0.25, 0.3) is 0 Å². The summed E-state index contributed by atoms with van der Waals surface area (Å²) >= 11 is 13.1. The molecule has 1 spiro atoms. The maximum Gasteiger partial charge on any atom is 0.410 e. The van der Waals surface area contributed by atoms with Crippen LogP contribution in [0.15, 0.2) is 18.5 Å². The third-order valence-corrected chi connectivity index (χ3v) is 6.63. The SMILES string of the molecule is CC(C)(C)OC(=O)N1CCC2(CCn3nc(-c4cnc5[nH]cc(Cl)c5c4)c(Cl)c32)C1. The van der Waals surface area contributed by atoms with Crippen molar-refractivity contribution in [3.05, 3.63) is 34.2 Å². The lowest BCUT2D eigenvalue weighted by Crippen LogP contribution is -2.37. The van der Waals surface area contributed by atoms with E-state index in [-0.39, 0.29) is 11.5 Å². The van der Waals surface area contributed by atoms with Crippen LogP contribution in [0.5, 0.6) is 0 Å². The maximum absolute atomic E-state index is 12.6. The van der Waals surface area contributed by atoms with Gasteiger partial charge in [-0.05, 0) is 39.7 Å². The highest BCUT2D eigenvalue weighted by atomic mass is 35.5. The Morgan fingerprint density at radius 1 is 1.27 bits per heavy atom. The Hall–Kier alpha value is -2.25. The zero-order chi connectivity index (χ0) is 21.3. The van der Waals surface area contributed by atoms with Crippen molar-refractivity contribution in [2.24, 2.45) is 0 Å². The summed E-state index contributed by atoms with van der Waals surface area (Å²) in [4.78, 5) is 21.9. The van der Waals surface area contributed by atoms with Crippen molar-refractivity contribution in [2.45, 2.75) is 51.2 Å². The second-order valence-corrected chi connectivity index (χ2v) is 9.96. The van der Waals surface area contributed by atoms with Crippen molar-refractivity contribution in [3.8, 4) is 11.3 Å². The van der Waals surface area contributed by atoms with E-state index >= 15 is 0 Å². The summed E-state index contributed by atoms with van der Waals surface area (Å²) in [6, 6.07) is 1.96. The lowest BCUT2D eigenvalue weighted by molar-refractivity contribution is 0.0284. The molecule has 1 amide bonds. The van der Waals surface area contributed by atoms with E-state index in [1.54, 1.807) is 17.3 Å². The van der Waals surface area contributed by atoms with E-state index in [0.717, 1.165) is 41.7 Å². The highest BCUT2D eigenvalue weighted by molar-refractivity contribution is 6.36. The second kappa shape index (κ2) is 6.62.